The normalized spacial score (nSPS) is 10.8. The van der Waals surface area contributed by atoms with Gasteiger partial charge in [-0.1, -0.05) is 11.6 Å². The Labute approximate surface area is 185 Å². The van der Waals surface area contributed by atoms with E-state index in [2.05, 4.69) is 21.7 Å². The van der Waals surface area contributed by atoms with Gasteiger partial charge in [0.15, 0.2) is 0 Å². The van der Waals surface area contributed by atoms with E-state index in [1.54, 1.807) is 23.8 Å². The zero-order valence-corrected chi connectivity index (χ0v) is 18.2. The number of nitrogens with zero attached hydrogens (tertiary/aromatic N) is 3. The van der Waals surface area contributed by atoms with Crippen LogP contribution in [0.4, 0.5) is 17.1 Å². The van der Waals surface area contributed by atoms with Crippen molar-refractivity contribution in [2.45, 2.75) is 13.5 Å². The van der Waals surface area contributed by atoms with Gasteiger partial charge in [0.1, 0.15) is 16.8 Å². The van der Waals surface area contributed by atoms with E-state index < -0.39 is 0 Å². The average Bonchev–Trinajstić information content (AvgIpc) is 2.76. The van der Waals surface area contributed by atoms with E-state index in [0.717, 1.165) is 22.3 Å². The topological polar surface area (TPSA) is 101 Å². The number of anilines is 3. The van der Waals surface area contributed by atoms with Gasteiger partial charge in [0.2, 0.25) is 0 Å². The van der Waals surface area contributed by atoms with Crippen LogP contribution in [-0.4, -0.2) is 43.0 Å². The number of pyridine rings is 2. The Bertz CT molecular complexity index is 1160. The summed E-state index contributed by atoms with van der Waals surface area (Å²) in [5.74, 6) is 0. The summed E-state index contributed by atoms with van der Waals surface area (Å²) in [6.45, 7) is 4.46. The van der Waals surface area contributed by atoms with Gasteiger partial charge in [-0.3, -0.25) is 4.79 Å². The fraction of sp³-hybridized carbons (Fsp3) is 0.318. The van der Waals surface area contributed by atoms with Gasteiger partial charge < -0.3 is 24.7 Å². The average molecular weight is 442 g/mol. The van der Waals surface area contributed by atoms with Crippen LogP contribution in [0, 0.1) is 11.3 Å². The summed E-state index contributed by atoms with van der Waals surface area (Å²) in [6.07, 6.45) is 1.54. The zero-order valence-electron chi connectivity index (χ0n) is 17.4. The Morgan fingerprint density at radius 1 is 1.19 bits per heavy atom. The first-order valence-electron chi connectivity index (χ1n) is 9.88. The predicted molar refractivity (Wildman–Crippen MR) is 122 cm³/mol. The van der Waals surface area contributed by atoms with Crippen LogP contribution in [0.15, 0.2) is 41.3 Å². The third-order valence-electron chi connectivity index (χ3n) is 4.67. The van der Waals surface area contributed by atoms with Crippen LogP contribution in [0.25, 0.3) is 10.9 Å². The fourth-order valence-electron chi connectivity index (χ4n) is 3.23. The minimum absolute atomic E-state index is 0.104. The molecule has 8 nitrogen and oxygen atoms in total. The maximum Gasteiger partial charge on any atom is 0.253 e. The Hall–Kier alpha value is -3.12. The lowest BCUT2D eigenvalue weighted by atomic mass is 10.1. The van der Waals surface area contributed by atoms with Gasteiger partial charge in [-0.05, 0) is 31.2 Å². The van der Waals surface area contributed by atoms with E-state index in [-0.39, 0.29) is 16.3 Å². The molecule has 2 N–H and O–H groups in total. The lowest BCUT2D eigenvalue weighted by molar-refractivity contribution is 0.0667. The quantitative estimate of drug-likeness (QED) is 0.365. The first kappa shape index (κ1) is 22.6. The number of methoxy groups -OCH3 is 1. The van der Waals surface area contributed by atoms with Crippen molar-refractivity contribution in [3.05, 3.63) is 57.6 Å². The minimum atomic E-state index is -0.104. The largest absolute Gasteiger partial charge is 0.385 e. The molecular weight excluding hydrogens is 418 g/mol. The van der Waals surface area contributed by atoms with E-state index in [4.69, 9.17) is 21.1 Å². The molecule has 9 heteroatoms. The Kier molecular flexibility index (Phi) is 7.84. The second-order valence-corrected chi connectivity index (χ2v) is 7.03. The van der Waals surface area contributed by atoms with Crippen molar-refractivity contribution in [1.29, 1.82) is 5.26 Å². The van der Waals surface area contributed by atoms with Crippen molar-refractivity contribution in [2.75, 3.05) is 44.1 Å². The molecule has 0 radical (unpaired) electrons. The number of halogens is 1. The van der Waals surface area contributed by atoms with Gasteiger partial charge in [0.05, 0.1) is 31.0 Å². The van der Waals surface area contributed by atoms with Crippen LogP contribution in [-0.2, 0) is 16.0 Å². The van der Waals surface area contributed by atoms with E-state index in [1.165, 1.54) is 6.20 Å². The van der Waals surface area contributed by atoms with Gasteiger partial charge >= 0.3 is 0 Å². The highest BCUT2D eigenvalue weighted by Gasteiger charge is 2.12. The number of rotatable bonds is 10. The SMILES string of the molecule is CCNc1cc(=O)n(CCOCCOC)c2ccc(Nc3ccnc(Cl)c3C#N)cc12. The summed E-state index contributed by atoms with van der Waals surface area (Å²) in [5, 5.41) is 16.9. The first-order chi connectivity index (χ1) is 15.1. The van der Waals surface area contributed by atoms with Gasteiger partial charge in [-0.2, -0.15) is 5.26 Å². The lowest BCUT2D eigenvalue weighted by Crippen LogP contribution is -2.23. The molecule has 0 atom stereocenters. The summed E-state index contributed by atoms with van der Waals surface area (Å²) < 4.78 is 12.2. The number of hydrogen-bond donors (Lipinski definition) is 2. The van der Waals surface area contributed by atoms with Crippen molar-refractivity contribution in [2.24, 2.45) is 0 Å². The molecule has 1 aromatic carbocycles. The molecule has 0 aliphatic carbocycles. The highest BCUT2D eigenvalue weighted by molar-refractivity contribution is 6.31. The van der Waals surface area contributed by atoms with E-state index in [0.29, 0.717) is 38.6 Å². The summed E-state index contributed by atoms with van der Waals surface area (Å²) in [5.41, 5.74) is 3.02. The molecule has 0 bridgehead atoms. The van der Waals surface area contributed by atoms with E-state index in [9.17, 15) is 10.1 Å². The molecule has 0 spiro atoms. The minimum Gasteiger partial charge on any atom is -0.385 e. The zero-order chi connectivity index (χ0) is 22.2. The van der Waals surface area contributed by atoms with Crippen LogP contribution < -0.4 is 16.2 Å². The lowest BCUT2D eigenvalue weighted by Gasteiger charge is -2.16. The van der Waals surface area contributed by atoms with Gasteiger partial charge in [0.25, 0.3) is 5.56 Å². The van der Waals surface area contributed by atoms with E-state index >= 15 is 0 Å². The predicted octanol–water partition coefficient (Wildman–Crippen LogP) is 3.76. The number of fused-ring (bicyclic) bond motifs is 1. The van der Waals surface area contributed by atoms with Crippen LogP contribution >= 0.6 is 11.6 Å². The molecule has 3 aromatic rings. The third-order valence-corrected chi connectivity index (χ3v) is 4.95. The van der Waals surface area contributed by atoms with Crippen LogP contribution in [0.2, 0.25) is 5.15 Å². The number of benzene rings is 1. The Morgan fingerprint density at radius 2 is 2.03 bits per heavy atom. The Morgan fingerprint density at radius 3 is 2.77 bits per heavy atom. The first-order valence-corrected chi connectivity index (χ1v) is 10.3. The molecule has 3 rings (SSSR count). The van der Waals surface area contributed by atoms with Crippen LogP contribution in [0.5, 0.6) is 0 Å². The summed E-state index contributed by atoms with van der Waals surface area (Å²) in [4.78, 5) is 16.7. The molecule has 0 aliphatic rings. The molecule has 0 aliphatic heterocycles. The summed E-state index contributed by atoms with van der Waals surface area (Å²) >= 11 is 6.03. The number of hydrogen-bond acceptors (Lipinski definition) is 7. The fourth-order valence-corrected chi connectivity index (χ4v) is 3.43. The molecule has 162 valence electrons. The van der Waals surface area contributed by atoms with Crippen molar-refractivity contribution in [3.63, 3.8) is 0 Å². The van der Waals surface area contributed by atoms with Gasteiger partial charge in [-0.15, -0.1) is 0 Å². The molecule has 0 amide bonds. The van der Waals surface area contributed by atoms with Gasteiger partial charge in [0, 0.05) is 49.2 Å². The van der Waals surface area contributed by atoms with E-state index in [1.807, 2.05) is 25.1 Å². The van der Waals surface area contributed by atoms with Gasteiger partial charge in [-0.25, -0.2) is 4.98 Å². The van der Waals surface area contributed by atoms with Crippen molar-refractivity contribution in [3.8, 4) is 6.07 Å². The molecule has 0 saturated heterocycles. The highest BCUT2D eigenvalue weighted by Crippen LogP contribution is 2.29. The smallest absolute Gasteiger partial charge is 0.253 e. The molecule has 2 heterocycles. The van der Waals surface area contributed by atoms with Crippen LogP contribution in [0.3, 0.4) is 0 Å². The summed E-state index contributed by atoms with van der Waals surface area (Å²) in [7, 11) is 1.62. The number of aromatic nitrogens is 2. The summed E-state index contributed by atoms with van der Waals surface area (Å²) in [6, 6.07) is 11.0. The second kappa shape index (κ2) is 10.8. The molecule has 0 fully saturated rings. The standard InChI is InChI=1S/C22H24ClN5O3/c1-3-25-19-13-21(29)28(8-9-31-11-10-30-2)20-5-4-15(12-16(19)20)27-18-6-7-26-22(23)17(18)14-24/h4-7,12-13,25H,3,8-11H2,1-2H3,(H,26,27). The molecular formula is C22H24ClN5O3. The second-order valence-electron chi connectivity index (χ2n) is 6.68. The number of ether oxygens (including phenoxy) is 2. The Balaban J connectivity index is 1.97. The number of nitrogens with one attached hydrogen (secondary N) is 2. The molecule has 0 saturated carbocycles. The maximum absolute atomic E-state index is 12.7. The van der Waals surface area contributed by atoms with Crippen molar-refractivity contribution in [1.82, 2.24) is 9.55 Å². The monoisotopic (exact) mass is 441 g/mol. The molecule has 0 unspecified atom stereocenters. The van der Waals surface area contributed by atoms with Crippen LogP contribution in [0.1, 0.15) is 12.5 Å². The number of nitriles is 1. The molecule has 31 heavy (non-hydrogen) atoms. The highest BCUT2D eigenvalue weighted by atomic mass is 35.5. The third kappa shape index (κ3) is 5.33. The maximum atomic E-state index is 12.7. The molecule has 2 aromatic heterocycles. The van der Waals surface area contributed by atoms with Crippen molar-refractivity contribution >= 4 is 39.6 Å². The van der Waals surface area contributed by atoms with Crippen molar-refractivity contribution < 1.29 is 9.47 Å².